The average Bonchev–Trinajstić information content (AvgIpc) is 2.89. The SMILES string of the molecule is CCOC(=O)[C@H]([C@@H]1C(=O)N(C(=O)OC(C)(C)C)c2ccccc21)[C@H](CC)[N+](=O)[O-]. The standard InChI is InChI=1S/C20H26N2O7/c1-6-13(22(26)27)16(18(24)28-7-2)15-12-10-8-9-11-14(12)21(17(15)23)19(25)29-20(3,4)5/h8-11,13,15-16H,6-7H2,1-5H3/t13-,15+,16-/m0/s1. The van der Waals surface area contributed by atoms with E-state index in [2.05, 4.69) is 0 Å². The summed E-state index contributed by atoms with van der Waals surface area (Å²) >= 11 is 0. The smallest absolute Gasteiger partial charge is 0.421 e. The molecule has 29 heavy (non-hydrogen) atoms. The number of carbonyl (C=O) groups excluding carboxylic acids is 3. The van der Waals surface area contributed by atoms with Crippen molar-refractivity contribution < 1.29 is 28.8 Å². The van der Waals surface area contributed by atoms with Crippen LogP contribution in [0.4, 0.5) is 10.5 Å². The van der Waals surface area contributed by atoms with Gasteiger partial charge in [0.1, 0.15) is 11.5 Å². The average molecular weight is 406 g/mol. The Morgan fingerprint density at radius 2 is 1.86 bits per heavy atom. The van der Waals surface area contributed by atoms with E-state index in [9.17, 15) is 24.5 Å². The molecule has 3 atom stereocenters. The van der Waals surface area contributed by atoms with Crippen LogP contribution in [0.5, 0.6) is 0 Å². The Bertz CT molecular complexity index is 815. The third-order valence-electron chi connectivity index (χ3n) is 4.60. The number of imide groups is 1. The van der Waals surface area contributed by atoms with E-state index in [1.54, 1.807) is 58.9 Å². The van der Waals surface area contributed by atoms with E-state index in [1.165, 1.54) is 0 Å². The van der Waals surface area contributed by atoms with Crippen LogP contribution < -0.4 is 4.90 Å². The number of amides is 2. The lowest BCUT2D eigenvalue weighted by Crippen LogP contribution is -2.45. The first-order chi connectivity index (χ1) is 13.5. The van der Waals surface area contributed by atoms with E-state index in [0.29, 0.717) is 5.56 Å². The maximum Gasteiger partial charge on any atom is 0.421 e. The monoisotopic (exact) mass is 406 g/mol. The van der Waals surface area contributed by atoms with Crippen molar-refractivity contribution in [2.45, 2.75) is 58.6 Å². The molecule has 1 aromatic carbocycles. The minimum absolute atomic E-state index is 0.0157. The second-order valence-corrected chi connectivity index (χ2v) is 7.73. The number of anilines is 1. The molecule has 1 aromatic rings. The van der Waals surface area contributed by atoms with Gasteiger partial charge in [-0.15, -0.1) is 0 Å². The van der Waals surface area contributed by atoms with Crippen molar-refractivity contribution in [1.29, 1.82) is 0 Å². The Balaban J connectivity index is 2.57. The van der Waals surface area contributed by atoms with Gasteiger partial charge < -0.3 is 9.47 Å². The van der Waals surface area contributed by atoms with E-state index in [-0.39, 0.29) is 18.7 Å². The number of hydrogen-bond donors (Lipinski definition) is 0. The second-order valence-electron chi connectivity index (χ2n) is 7.73. The summed E-state index contributed by atoms with van der Waals surface area (Å²) in [6, 6.07) is 5.08. The van der Waals surface area contributed by atoms with Crippen molar-refractivity contribution in [3.05, 3.63) is 39.9 Å². The second kappa shape index (κ2) is 8.59. The quantitative estimate of drug-likeness (QED) is 0.404. The number of fused-ring (bicyclic) bond motifs is 1. The molecule has 0 unspecified atom stereocenters. The van der Waals surface area contributed by atoms with Gasteiger partial charge in [-0.3, -0.25) is 19.7 Å². The fourth-order valence-corrected chi connectivity index (χ4v) is 3.48. The first kappa shape index (κ1) is 22.3. The van der Waals surface area contributed by atoms with Crippen LogP contribution in [0.25, 0.3) is 0 Å². The lowest BCUT2D eigenvalue weighted by molar-refractivity contribution is -0.530. The molecule has 1 aliphatic rings. The Morgan fingerprint density at radius 3 is 2.38 bits per heavy atom. The van der Waals surface area contributed by atoms with Crippen molar-refractivity contribution in [2.24, 2.45) is 5.92 Å². The molecule has 0 spiro atoms. The maximum absolute atomic E-state index is 13.3. The highest BCUT2D eigenvalue weighted by Gasteiger charge is 2.53. The number of rotatable bonds is 6. The fraction of sp³-hybridized carbons (Fsp3) is 0.550. The van der Waals surface area contributed by atoms with Crippen molar-refractivity contribution >= 4 is 23.7 Å². The van der Waals surface area contributed by atoms with Gasteiger partial charge in [0.15, 0.2) is 0 Å². The van der Waals surface area contributed by atoms with Crippen LogP contribution in [-0.4, -0.2) is 41.1 Å². The molecule has 0 fully saturated rings. The molecule has 158 valence electrons. The number of nitrogens with zero attached hydrogens (tertiary/aromatic N) is 2. The Labute approximate surface area is 169 Å². The van der Waals surface area contributed by atoms with Crippen LogP contribution in [0.3, 0.4) is 0 Å². The molecule has 0 saturated carbocycles. The number of benzene rings is 1. The summed E-state index contributed by atoms with van der Waals surface area (Å²) in [6.45, 7) is 8.15. The number of hydrogen-bond acceptors (Lipinski definition) is 7. The molecule has 0 saturated heterocycles. The van der Waals surface area contributed by atoms with Crippen LogP contribution in [0, 0.1) is 16.0 Å². The molecule has 0 N–H and O–H groups in total. The summed E-state index contributed by atoms with van der Waals surface area (Å²) in [6.07, 6.45) is -0.872. The van der Waals surface area contributed by atoms with Gasteiger partial charge in [-0.25, -0.2) is 9.69 Å². The summed E-state index contributed by atoms with van der Waals surface area (Å²) in [5.41, 5.74) is -0.233. The minimum atomic E-state index is -1.36. The van der Waals surface area contributed by atoms with Crippen LogP contribution >= 0.6 is 0 Å². The van der Waals surface area contributed by atoms with Crippen LogP contribution in [0.2, 0.25) is 0 Å². The third kappa shape index (κ3) is 4.55. The van der Waals surface area contributed by atoms with Crippen molar-refractivity contribution in [2.75, 3.05) is 11.5 Å². The molecule has 9 heteroatoms. The van der Waals surface area contributed by atoms with E-state index < -0.39 is 46.4 Å². The molecule has 9 nitrogen and oxygen atoms in total. The summed E-state index contributed by atoms with van der Waals surface area (Å²) in [5.74, 6) is -4.15. The highest BCUT2D eigenvalue weighted by atomic mass is 16.6. The third-order valence-corrected chi connectivity index (χ3v) is 4.60. The van der Waals surface area contributed by atoms with Crippen molar-refractivity contribution in [1.82, 2.24) is 0 Å². The van der Waals surface area contributed by atoms with Crippen LogP contribution in [-0.2, 0) is 19.1 Å². The number of carbonyl (C=O) groups is 3. The highest BCUT2D eigenvalue weighted by molar-refractivity contribution is 6.20. The normalized spacial score (nSPS) is 18.0. The lowest BCUT2D eigenvalue weighted by Gasteiger charge is -2.25. The van der Waals surface area contributed by atoms with E-state index in [4.69, 9.17) is 9.47 Å². The van der Waals surface area contributed by atoms with Crippen LogP contribution in [0.15, 0.2) is 24.3 Å². The summed E-state index contributed by atoms with van der Waals surface area (Å²) in [5, 5.41) is 11.6. The van der Waals surface area contributed by atoms with Crippen LogP contribution in [0.1, 0.15) is 52.5 Å². The summed E-state index contributed by atoms with van der Waals surface area (Å²) < 4.78 is 10.4. The zero-order valence-electron chi connectivity index (χ0n) is 17.2. The van der Waals surface area contributed by atoms with Gasteiger partial charge in [-0.05, 0) is 39.3 Å². The van der Waals surface area contributed by atoms with Gasteiger partial charge in [0.05, 0.1) is 18.2 Å². The number of para-hydroxylation sites is 1. The van der Waals surface area contributed by atoms with Gasteiger partial charge in [0, 0.05) is 11.3 Å². The molecule has 0 aromatic heterocycles. The van der Waals surface area contributed by atoms with Gasteiger partial charge in [0.25, 0.3) is 0 Å². The molecule has 2 amide bonds. The highest BCUT2D eigenvalue weighted by Crippen LogP contribution is 2.44. The largest absolute Gasteiger partial charge is 0.466 e. The van der Waals surface area contributed by atoms with Gasteiger partial charge in [-0.1, -0.05) is 25.1 Å². The molecule has 2 rings (SSSR count). The number of nitro groups is 1. The van der Waals surface area contributed by atoms with E-state index in [0.717, 1.165) is 4.90 Å². The zero-order valence-corrected chi connectivity index (χ0v) is 17.2. The Hall–Kier alpha value is -2.97. The minimum Gasteiger partial charge on any atom is -0.466 e. The van der Waals surface area contributed by atoms with E-state index >= 15 is 0 Å². The predicted molar refractivity (Wildman–Crippen MR) is 104 cm³/mol. The lowest BCUT2D eigenvalue weighted by atomic mass is 9.81. The molecular weight excluding hydrogens is 380 g/mol. The molecule has 1 aliphatic heterocycles. The Kier molecular flexibility index (Phi) is 6.61. The molecular formula is C20H26N2O7. The molecule has 0 radical (unpaired) electrons. The Morgan fingerprint density at radius 1 is 1.24 bits per heavy atom. The zero-order chi connectivity index (χ0) is 21.9. The summed E-state index contributed by atoms with van der Waals surface area (Å²) in [4.78, 5) is 50.6. The van der Waals surface area contributed by atoms with E-state index in [1.807, 2.05) is 0 Å². The molecule has 0 bridgehead atoms. The van der Waals surface area contributed by atoms with Gasteiger partial charge in [0.2, 0.25) is 11.9 Å². The first-order valence-electron chi connectivity index (χ1n) is 9.49. The van der Waals surface area contributed by atoms with Gasteiger partial charge in [-0.2, -0.15) is 0 Å². The maximum atomic E-state index is 13.3. The number of ether oxygens (including phenoxy) is 2. The topological polar surface area (TPSA) is 116 Å². The van der Waals surface area contributed by atoms with Crippen molar-refractivity contribution in [3.8, 4) is 0 Å². The van der Waals surface area contributed by atoms with Gasteiger partial charge >= 0.3 is 12.1 Å². The summed E-state index contributed by atoms with van der Waals surface area (Å²) in [7, 11) is 0. The fourth-order valence-electron chi connectivity index (χ4n) is 3.48. The predicted octanol–water partition coefficient (Wildman–Crippen LogP) is 3.29. The molecule has 1 heterocycles. The molecule has 0 aliphatic carbocycles. The number of esters is 1. The first-order valence-corrected chi connectivity index (χ1v) is 9.49. The van der Waals surface area contributed by atoms with Crippen molar-refractivity contribution in [3.63, 3.8) is 0 Å².